The number of amides is 1. The van der Waals surface area contributed by atoms with Crippen molar-refractivity contribution in [2.45, 2.75) is 70.8 Å². The van der Waals surface area contributed by atoms with Crippen LogP contribution in [0.3, 0.4) is 0 Å². The summed E-state index contributed by atoms with van der Waals surface area (Å²) in [5, 5.41) is 20.2. The van der Waals surface area contributed by atoms with E-state index in [0.29, 0.717) is 6.54 Å². The Balaban J connectivity index is 3.34. The highest BCUT2D eigenvalue weighted by atomic mass is 16.4. The third-order valence-corrected chi connectivity index (χ3v) is 3.00. The SMILES string of the molecule is CCCCCCCCCCNC(=O)C(O)CC(=O)O. The molecule has 0 spiro atoms. The first-order chi connectivity index (χ1) is 9.07. The zero-order valence-electron chi connectivity index (χ0n) is 11.9. The number of carbonyl (C=O) groups excluding carboxylic acids is 1. The molecule has 0 aromatic heterocycles. The maximum Gasteiger partial charge on any atom is 0.306 e. The van der Waals surface area contributed by atoms with Crippen LogP contribution in [-0.4, -0.2) is 34.7 Å². The minimum atomic E-state index is -1.44. The lowest BCUT2D eigenvalue weighted by atomic mass is 10.1. The van der Waals surface area contributed by atoms with E-state index in [1.807, 2.05) is 0 Å². The molecule has 5 heteroatoms. The summed E-state index contributed by atoms with van der Waals surface area (Å²) in [4.78, 5) is 21.6. The normalized spacial score (nSPS) is 12.1. The predicted octanol–water partition coefficient (Wildman–Crippen LogP) is 2.08. The lowest BCUT2D eigenvalue weighted by Crippen LogP contribution is -2.36. The highest BCUT2D eigenvalue weighted by molar-refractivity contribution is 5.84. The Hall–Kier alpha value is -1.10. The van der Waals surface area contributed by atoms with Gasteiger partial charge in [-0.25, -0.2) is 0 Å². The van der Waals surface area contributed by atoms with E-state index in [1.54, 1.807) is 0 Å². The van der Waals surface area contributed by atoms with Crippen LogP contribution in [0.5, 0.6) is 0 Å². The third-order valence-electron chi connectivity index (χ3n) is 3.00. The Bertz CT molecular complexity index is 256. The van der Waals surface area contributed by atoms with Crippen LogP contribution in [0.4, 0.5) is 0 Å². The average molecular weight is 273 g/mol. The van der Waals surface area contributed by atoms with Gasteiger partial charge in [-0.3, -0.25) is 9.59 Å². The predicted molar refractivity (Wildman–Crippen MR) is 73.9 cm³/mol. The molecule has 0 rings (SSSR count). The second-order valence-electron chi connectivity index (χ2n) is 4.88. The fourth-order valence-electron chi connectivity index (χ4n) is 1.85. The van der Waals surface area contributed by atoms with Gasteiger partial charge >= 0.3 is 5.97 Å². The molecule has 0 heterocycles. The van der Waals surface area contributed by atoms with Gasteiger partial charge < -0.3 is 15.5 Å². The molecule has 0 aliphatic carbocycles. The van der Waals surface area contributed by atoms with Gasteiger partial charge in [0.2, 0.25) is 5.91 Å². The number of aliphatic hydroxyl groups excluding tert-OH is 1. The molecule has 19 heavy (non-hydrogen) atoms. The Labute approximate surface area is 115 Å². The molecule has 0 aliphatic rings. The second kappa shape index (κ2) is 12.0. The maximum atomic E-state index is 11.3. The molecule has 5 nitrogen and oxygen atoms in total. The Morgan fingerprint density at radius 2 is 1.53 bits per heavy atom. The van der Waals surface area contributed by atoms with Crippen molar-refractivity contribution >= 4 is 11.9 Å². The molecule has 112 valence electrons. The molecule has 0 fully saturated rings. The number of rotatable bonds is 12. The number of nitrogens with one attached hydrogen (secondary N) is 1. The number of aliphatic carboxylic acids is 1. The third kappa shape index (κ3) is 11.7. The van der Waals surface area contributed by atoms with E-state index >= 15 is 0 Å². The Kier molecular flexibility index (Phi) is 11.3. The van der Waals surface area contributed by atoms with Gasteiger partial charge in [0.25, 0.3) is 0 Å². The number of carbonyl (C=O) groups is 2. The molecule has 0 bridgehead atoms. The largest absolute Gasteiger partial charge is 0.481 e. The van der Waals surface area contributed by atoms with Gasteiger partial charge in [-0.15, -0.1) is 0 Å². The van der Waals surface area contributed by atoms with Crippen LogP contribution in [0.15, 0.2) is 0 Å². The van der Waals surface area contributed by atoms with E-state index < -0.39 is 24.4 Å². The Morgan fingerprint density at radius 1 is 1.00 bits per heavy atom. The van der Waals surface area contributed by atoms with Crippen LogP contribution in [0, 0.1) is 0 Å². The molecule has 0 aromatic rings. The van der Waals surface area contributed by atoms with Crippen molar-refractivity contribution in [3.63, 3.8) is 0 Å². The van der Waals surface area contributed by atoms with Crippen molar-refractivity contribution in [1.29, 1.82) is 0 Å². The van der Waals surface area contributed by atoms with Crippen molar-refractivity contribution in [3.05, 3.63) is 0 Å². The van der Waals surface area contributed by atoms with Gasteiger partial charge in [-0.1, -0.05) is 51.9 Å². The highest BCUT2D eigenvalue weighted by Crippen LogP contribution is 2.07. The van der Waals surface area contributed by atoms with Crippen molar-refractivity contribution in [2.75, 3.05) is 6.54 Å². The van der Waals surface area contributed by atoms with E-state index in [9.17, 15) is 14.7 Å². The van der Waals surface area contributed by atoms with Crippen molar-refractivity contribution in [2.24, 2.45) is 0 Å². The van der Waals surface area contributed by atoms with Crippen LogP contribution in [-0.2, 0) is 9.59 Å². The number of aliphatic hydroxyl groups is 1. The van der Waals surface area contributed by atoms with Gasteiger partial charge in [0.05, 0.1) is 6.42 Å². The molecular formula is C14H27NO4. The summed E-state index contributed by atoms with van der Waals surface area (Å²) in [6, 6.07) is 0. The lowest BCUT2D eigenvalue weighted by molar-refractivity contribution is -0.143. The van der Waals surface area contributed by atoms with Crippen LogP contribution < -0.4 is 5.32 Å². The van der Waals surface area contributed by atoms with E-state index in [0.717, 1.165) is 19.3 Å². The summed E-state index contributed by atoms with van der Waals surface area (Å²) in [6.07, 6.45) is 7.48. The number of hydrogen-bond donors (Lipinski definition) is 3. The van der Waals surface area contributed by atoms with E-state index in [-0.39, 0.29) is 0 Å². The van der Waals surface area contributed by atoms with Crippen molar-refractivity contribution < 1.29 is 19.8 Å². The lowest BCUT2D eigenvalue weighted by Gasteiger charge is -2.09. The molecule has 0 saturated carbocycles. The van der Waals surface area contributed by atoms with Crippen LogP contribution in [0.25, 0.3) is 0 Å². The monoisotopic (exact) mass is 273 g/mol. The summed E-state index contributed by atoms with van der Waals surface area (Å²) in [6.45, 7) is 2.70. The van der Waals surface area contributed by atoms with Crippen molar-refractivity contribution in [1.82, 2.24) is 5.32 Å². The van der Waals surface area contributed by atoms with Gasteiger partial charge in [0, 0.05) is 6.54 Å². The fraction of sp³-hybridized carbons (Fsp3) is 0.857. The first-order valence-corrected chi connectivity index (χ1v) is 7.25. The van der Waals surface area contributed by atoms with Gasteiger partial charge in [-0.2, -0.15) is 0 Å². The molecule has 3 N–H and O–H groups in total. The number of carboxylic acids is 1. The van der Waals surface area contributed by atoms with E-state index in [1.165, 1.54) is 32.1 Å². The molecular weight excluding hydrogens is 246 g/mol. The molecule has 0 saturated heterocycles. The van der Waals surface area contributed by atoms with Gasteiger partial charge in [0.1, 0.15) is 6.10 Å². The quantitative estimate of drug-likeness (QED) is 0.475. The molecule has 0 aliphatic heterocycles. The molecule has 0 radical (unpaired) electrons. The van der Waals surface area contributed by atoms with Crippen LogP contribution in [0.2, 0.25) is 0 Å². The Morgan fingerprint density at radius 3 is 2.05 bits per heavy atom. The van der Waals surface area contributed by atoms with E-state index in [4.69, 9.17) is 5.11 Å². The summed E-state index contributed by atoms with van der Waals surface area (Å²) in [5.74, 6) is -1.76. The minimum absolute atomic E-state index is 0.504. The van der Waals surface area contributed by atoms with Crippen molar-refractivity contribution in [3.8, 4) is 0 Å². The smallest absolute Gasteiger partial charge is 0.306 e. The first-order valence-electron chi connectivity index (χ1n) is 7.25. The molecule has 1 amide bonds. The van der Waals surface area contributed by atoms with Gasteiger partial charge in [-0.05, 0) is 6.42 Å². The minimum Gasteiger partial charge on any atom is -0.481 e. The average Bonchev–Trinajstić information content (AvgIpc) is 2.35. The summed E-state index contributed by atoms with van der Waals surface area (Å²) in [5.41, 5.74) is 0. The highest BCUT2D eigenvalue weighted by Gasteiger charge is 2.17. The molecule has 1 atom stereocenters. The molecule has 1 unspecified atom stereocenters. The van der Waals surface area contributed by atoms with Crippen LogP contribution >= 0.6 is 0 Å². The summed E-state index contributed by atoms with van der Waals surface area (Å²) in [7, 11) is 0. The zero-order chi connectivity index (χ0) is 14.5. The topological polar surface area (TPSA) is 86.6 Å². The van der Waals surface area contributed by atoms with Crippen LogP contribution in [0.1, 0.15) is 64.7 Å². The molecule has 0 aromatic carbocycles. The number of hydrogen-bond acceptors (Lipinski definition) is 3. The fourth-order valence-corrected chi connectivity index (χ4v) is 1.85. The first kappa shape index (κ1) is 17.9. The number of carboxylic acid groups (broad SMARTS) is 1. The van der Waals surface area contributed by atoms with Gasteiger partial charge in [0.15, 0.2) is 0 Å². The number of unbranched alkanes of at least 4 members (excludes halogenated alkanes) is 7. The second-order valence-corrected chi connectivity index (χ2v) is 4.88. The zero-order valence-corrected chi connectivity index (χ0v) is 11.9. The standard InChI is InChI=1S/C14H27NO4/c1-2-3-4-5-6-7-8-9-10-15-14(19)12(16)11-13(17)18/h12,16H,2-11H2,1H3,(H,15,19)(H,17,18). The maximum absolute atomic E-state index is 11.3. The summed E-state index contributed by atoms with van der Waals surface area (Å²) >= 11 is 0. The summed E-state index contributed by atoms with van der Waals surface area (Å²) < 4.78 is 0. The van der Waals surface area contributed by atoms with E-state index in [2.05, 4.69) is 12.2 Å².